The van der Waals surface area contributed by atoms with Crippen molar-refractivity contribution in [2.75, 3.05) is 13.1 Å². The van der Waals surface area contributed by atoms with Crippen molar-refractivity contribution >= 4 is 12.1 Å². The second-order valence-electron chi connectivity index (χ2n) is 7.60. The second kappa shape index (κ2) is 9.37. The molecule has 0 aliphatic carbocycles. The van der Waals surface area contributed by atoms with E-state index in [1.165, 1.54) is 17.0 Å². The first kappa shape index (κ1) is 21.4. The highest BCUT2D eigenvalue weighted by Crippen LogP contribution is 2.17. The molecule has 0 saturated carbocycles. The molecular formula is C22H27NO5. The second-order valence-corrected chi connectivity index (χ2v) is 7.60. The Kier molecular flexibility index (Phi) is 7.18. The molecule has 2 N–H and O–H groups in total. The van der Waals surface area contributed by atoms with E-state index < -0.39 is 23.8 Å². The van der Waals surface area contributed by atoms with Gasteiger partial charge >= 0.3 is 12.1 Å². The molecule has 1 atom stereocenters. The summed E-state index contributed by atoms with van der Waals surface area (Å²) in [5, 5.41) is 19.5. The Hall–Kier alpha value is -2.86. The van der Waals surface area contributed by atoms with Crippen LogP contribution in [0.15, 0.2) is 54.6 Å². The Balaban J connectivity index is 2.08. The van der Waals surface area contributed by atoms with E-state index in [2.05, 4.69) is 0 Å². The van der Waals surface area contributed by atoms with E-state index in [0.717, 1.165) is 11.1 Å². The Morgan fingerprint density at radius 2 is 1.64 bits per heavy atom. The number of carbonyl (C=O) groups is 2. The summed E-state index contributed by atoms with van der Waals surface area (Å²) >= 11 is 0. The summed E-state index contributed by atoms with van der Waals surface area (Å²) in [7, 11) is 0. The number of ether oxygens (including phenoxy) is 1. The number of nitrogens with zero attached hydrogens (tertiary/aromatic N) is 1. The molecule has 0 aromatic heterocycles. The Morgan fingerprint density at radius 1 is 1.04 bits per heavy atom. The van der Waals surface area contributed by atoms with Crippen LogP contribution in [-0.4, -0.2) is 45.9 Å². The van der Waals surface area contributed by atoms with Crippen LogP contribution in [0.4, 0.5) is 4.79 Å². The number of aromatic carboxylic acids is 1. The fraction of sp³-hybridized carbons (Fsp3) is 0.364. The van der Waals surface area contributed by atoms with Gasteiger partial charge in [-0.25, -0.2) is 9.59 Å². The third-order valence-corrected chi connectivity index (χ3v) is 4.10. The number of carbonyl (C=O) groups excluding carboxylic acids is 1. The van der Waals surface area contributed by atoms with Crippen LogP contribution < -0.4 is 0 Å². The topological polar surface area (TPSA) is 87.1 Å². The van der Waals surface area contributed by atoms with Crippen molar-refractivity contribution in [1.29, 1.82) is 0 Å². The summed E-state index contributed by atoms with van der Waals surface area (Å²) in [5.74, 6) is -0.979. The van der Waals surface area contributed by atoms with Crippen LogP contribution in [0.5, 0.6) is 0 Å². The van der Waals surface area contributed by atoms with Gasteiger partial charge in [-0.1, -0.05) is 42.5 Å². The molecule has 28 heavy (non-hydrogen) atoms. The number of benzene rings is 2. The molecule has 1 unspecified atom stereocenters. The van der Waals surface area contributed by atoms with Crippen molar-refractivity contribution < 1.29 is 24.5 Å². The maximum Gasteiger partial charge on any atom is 0.410 e. The van der Waals surface area contributed by atoms with Crippen LogP contribution >= 0.6 is 0 Å². The minimum Gasteiger partial charge on any atom is -0.478 e. The van der Waals surface area contributed by atoms with Crippen molar-refractivity contribution in [1.82, 2.24) is 4.90 Å². The number of hydrogen-bond donors (Lipinski definition) is 2. The van der Waals surface area contributed by atoms with Crippen molar-refractivity contribution in [2.24, 2.45) is 0 Å². The molecular weight excluding hydrogens is 358 g/mol. The van der Waals surface area contributed by atoms with Crippen molar-refractivity contribution in [3.63, 3.8) is 0 Å². The lowest BCUT2D eigenvalue weighted by atomic mass is 10.1. The first-order valence-electron chi connectivity index (χ1n) is 9.19. The maximum absolute atomic E-state index is 12.6. The van der Waals surface area contributed by atoms with Gasteiger partial charge in [-0.15, -0.1) is 0 Å². The summed E-state index contributed by atoms with van der Waals surface area (Å²) in [6.07, 6.45) is -0.812. The van der Waals surface area contributed by atoms with Crippen LogP contribution in [0.25, 0.3) is 0 Å². The monoisotopic (exact) mass is 385 g/mol. The fourth-order valence-corrected chi connectivity index (χ4v) is 2.65. The molecule has 2 aromatic rings. The summed E-state index contributed by atoms with van der Waals surface area (Å²) in [6, 6.07) is 15.7. The number of aliphatic hydroxyl groups is 1. The summed E-state index contributed by atoms with van der Waals surface area (Å²) in [6.45, 7) is 5.82. The van der Waals surface area contributed by atoms with Gasteiger partial charge in [0.2, 0.25) is 0 Å². The summed E-state index contributed by atoms with van der Waals surface area (Å²) in [4.78, 5) is 25.0. The minimum atomic E-state index is -0.979. The normalized spacial score (nSPS) is 12.3. The Labute approximate surface area is 165 Å². The quantitative estimate of drug-likeness (QED) is 0.755. The first-order chi connectivity index (χ1) is 13.2. The Morgan fingerprint density at radius 3 is 2.18 bits per heavy atom. The van der Waals surface area contributed by atoms with Crippen LogP contribution in [0.1, 0.15) is 48.4 Å². The van der Waals surface area contributed by atoms with Crippen molar-refractivity contribution in [3.05, 3.63) is 71.3 Å². The standard InChI is InChI=1S/C22H27NO5/c1-22(2,3)28-21(27)23(15-19(24)17-7-5-4-6-8-17)14-13-16-9-11-18(12-10-16)20(25)26/h4-12,19,24H,13-15H2,1-3H3,(H,25,26). The van der Waals surface area contributed by atoms with Gasteiger partial charge in [-0.05, 0) is 50.5 Å². The Bertz CT molecular complexity index is 781. The largest absolute Gasteiger partial charge is 0.478 e. The minimum absolute atomic E-state index is 0.103. The van der Waals surface area contributed by atoms with Gasteiger partial charge in [0.15, 0.2) is 0 Å². The predicted octanol–water partition coefficient (Wildman–Crippen LogP) is 3.90. The number of carboxylic acid groups (broad SMARTS) is 1. The van der Waals surface area contributed by atoms with Gasteiger partial charge in [-0.2, -0.15) is 0 Å². The number of hydrogen-bond acceptors (Lipinski definition) is 4. The van der Waals surface area contributed by atoms with Crippen LogP contribution in [-0.2, 0) is 11.2 Å². The van der Waals surface area contributed by atoms with E-state index in [-0.39, 0.29) is 12.1 Å². The SMILES string of the molecule is CC(C)(C)OC(=O)N(CCc1ccc(C(=O)O)cc1)CC(O)c1ccccc1. The van der Waals surface area contributed by atoms with Crippen molar-refractivity contribution in [3.8, 4) is 0 Å². The molecule has 1 amide bonds. The van der Waals surface area contributed by atoms with Gasteiger partial charge in [0.1, 0.15) is 5.60 Å². The van der Waals surface area contributed by atoms with E-state index in [4.69, 9.17) is 9.84 Å². The zero-order chi connectivity index (χ0) is 20.7. The molecule has 0 bridgehead atoms. The van der Waals surface area contributed by atoms with Crippen LogP contribution in [0, 0.1) is 0 Å². The highest BCUT2D eigenvalue weighted by Gasteiger charge is 2.24. The lowest BCUT2D eigenvalue weighted by Gasteiger charge is -2.29. The molecule has 0 radical (unpaired) electrons. The third kappa shape index (κ3) is 6.70. The summed E-state index contributed by atoms with van der Waals surface area (Å²) < 4.78 is 5.47. The lowest BCUT2D eigenvalue weighted by molar-refractivity contribution is 0.0147. The zero-order valence-corrected chi connectivity index (χ0v) is 16.5. The average molecular weight is 385 g/mol. The van der Waals surface area contributed by atoms with Gasteiger partial charge < -0.3 is 19.8 Å². The summed E-state index contributed by atoms with van der Waals surface area (Å²) in [5.41, 5.74) is 1.19. The molecule has 150 valence electrons. The molecule has 0 heterocycles. The molecule has 0 aliphatic heterocycles. The van der Waals surface area contributed by atoms with E-state index >= 15 is 0 Å². The third-order valence-electron chi connectivity index (χ3n) is 4.10. The molecule has 0 aliphatic rings. The first-order valence-corrected chi connectivity index (χ1v) is 9.19. The van der Waals surface area contributed by atoms with Crippen LogP contribution in [0.3, 0.4) is 0 Å². The molecule has 2 rings (SSSR count). The van der Waals surface area contributed by atoms with Gasteiger partial charge in [-0.3, -0.25) is 0 Å². The number of aliphatic hydroxyl groups excluding tert-OH is 1. The fourth-order valence-electron chi connectivity index (χ4n) is 2.65. The number of rotatable bonds is 7. The molecule has 0 fully saturated rings. The highest BCUT2D eigenvalue weighted by molar-refractivity contribution is 5.87. The number of amides is 1. The van der Waals surface area contributed by atoms with E-state index in [1.54, 1.807) is 32.9 Å². The van der Waals surface area contributed by atoms with E-state index in [9.17, 15) is 14.7 Å². The van der Waals surface area contributed by atoms with E-state index in [1.807, 2.05) is 30.3 Å². The van der Waals surface area contributed by atoms with Gasteiger partial charge in [0, 0.05) is 6.54 Å². The number of carboxylic acids is 1. The van der Waals surface area contributed by atoms with Gasteiger partial charge in [0.05, 0.1) is 18.2 Å². The molecule has 6 heteroatoms. The van der Waals surface area contributed by atoms with Crippen molar-refractivity contribution in [2.45, 2.75) is 38.9 Å². The van der Waals surface area contributed by atoms with Crippen LogP contribution in [0.2, 0.25) is 0 Å². The predicted molar refractivity (Wildman–Crippen MR) is 106 cm³/mol. The molecule has 6 nitrogen and oxygen atoms in total. The van der Waals surface area contributed by atoms with E-state index in [0.29, 0.717) is 13.0 Å². The lowest BCUT2D eigenvalue weighted by Crippen LogP contribution is -2.40. The van der Waals surface area contributed by atoms with Gasteiger partial charge in [0.25, 0.3) is 0 Å². The smallest absolute Gasteiger partial charge is 0.410 e. The average Bonchev–Trinajstić information content (AvgIpc) is 2.64. The maximum atomic E-state index is 12.6. The zero-order valence-electron chi connectivity index (χ0n) is 16.5. The molecule has 0 saturated heterocycles. The highest BCUT2D eigenvalue weighted by atomic mass is 16.6. The molecule has 0 spiro atoms. The molecule has 2 aromatic carbocycles.